The minimum atomic E-state index is -0.388. The van der Waals surface area contributed by atoms with Gasteiger partial charge in [-0.05, 0) is 25.3 Å². The molecule has 1 aromatic carbocycles. The highest BCUT2D eigenvalue weighted by Gasteiger charge is 2.12. The van der Waals surface area contributed by atoms with Gasteiger partial charge in [0.1, 0.15) is 5.75 Å². The second kappa shape index (κ2) is 7.09. The van der Waals surface area contributed by atoms with Gasteiger partial charge in [-0.25, -0.2) is 0 Å². The number of nitro groups is 1. The van der Waals surface area contributed by atoms with Crippen molar-refractivity contribution in [1.29, 1.82) is 0 Å². The molecule has 1 aromatic rings. The number of nitrogens with one attached hydrogen (secondary N) is 1. The molecule has 0 saturated carbocycles. The Kier molecular flexibility index (Phi) is 5.76. The highest BCUT2D eigenvalue weighted by molar-refractivity contribution is 5.43. The summed E-state index contributed by atoms with van der Waals surface area (Å²) in [7, 11) is 1.57. The number of ether oxygens (including phenoxy) is 1. The minimum absolute atomic E-state index is 0.0918. The van der Waals surface area contributed by atoms with Crippen molar-refractivity contribution in [3.05, 3.63) is 33.9 Å². The number of non-ortho nitro benzene ring substituents is 1. The molecule has 0 aliphatic heterocycles. The number of nitro benzene ring substituents is 1. The van der Waals surface area contributed by atoms with Crippen LogP contribution in [0.1, 0.15) is 32.8 Å². The largest absolute Gasteiger partial charge is 0.496 e. The molecule has 0 radical (unpaired) electrons. The molecule has 5 nitrogen and oxygen atoms in total. The van der Waals surface area contributed by atoms with E-state index in [1.165, 1.54) is 6.07 Å². The lowest BCUT2D eigenvalue weighted by atomic mass is 10.0. The molecule has 19 heavy (non-hydrogen) atoms. The summed E-state index contributed by atoms with van der Waals surface area (Å²) in [5.74, 6) is 1.30. The van der Waals surface area contributed by atoms with Crippen LogP contribution in [0.15, 0.2) is 18.2 Å². The molecule has 1 N–H and O–H groups in total. The van der Waals surface area contributed by atoms with Gasteiger partial charge in [-0.2, -0.15) is 0 Å². The second-order valence-electron chi connectivity index (χ2n) is 5.16. The topological polar surface area (TPSA) is 64.4 Å². The number of nitrogens with zero attached hydrogens (tertiary/aromatic N) is 1. The molecule has 0 aromatic heterocycles. The van der Waals surface area contributed by atoms with Gasteiger partial charge in [0.25, 0.3) is 5.69 Å². The van der Waals surface area contributed by atoms with Crippen molar-refractivity contribution in [3.63, 3.8) is 0 Å². The Morgan fingerprint density at radius 2 is 2.05 bits per heavy atom. The summed E-state index contributed by atoms with van der Waals surface area (Å²) in [4.78, 5) is 10.4. The van der Waals surface area contributed by atoms with Crippen LogP contribution in [-0.4, -0.2) is 18.1 Å². The van der Waals surface area contributed by atoms with E-state index < -0.39 is 0 Å². The van der Waals surface area contributed by atoms with Gasteiger partial charge in [-0.15, -0.1) is 0 Å². The molecule has 0 heterocycles. The lowest BCUT2D eigenvalue weighted by molar-refractivity contribution is -0.384. The molecule has 0 aliphatic rings. The van der Waals surface area contributed by atoms with Crippen molar-refractivity contribution < 1.29 is 9.66 Å². The Balaban J connectivity index is 2.75. The third-order valence-corrected chi connectivity index (χ3v) is 2.94. The normalized spacial score (nSPS) is 12.5. The summed E-state index contributed by atoms with van der Waals surface area (Å²) in [5, 5.41) is 14.1. The van der Waals surface area contributed by atoms with E-state index in [9.17, 15) is 10.1 Å². The van der Waals surface area contributed by atoms with Crippen LogP contribution in [0.25, 0.3) is 0 Å². The third kappa shape index (κ3) is 4.87. The van der Waals surface area contributed by atoms with E-state index in [1.54, 1.807) is 19.2 Å². The van der Waals surface area contributed by atoms with Crippen LogP contribution in [0.3, 0.4) is 0 Å². The van der Waals surface area contributed by atoms with Crippen molar-refractivity contribution >= 4 is 5.69 Å². The summed E-state index contributed by atoms with van der Waals surface area (Å²) < 4.78 is 5.23. The van der Waals surface area contributed by atoms with Crippen LogP contribution >= 0.6 is 0 Å². The Hall–Kier alpha value is -1.62. The zero-order valence-corrected chi connectivity index (χ0v) is 12.0. The molecule has 0 amide bonds. The van der Waals surface area contributed by atoms with E-state index in [4.69, 9.17) is 4.74 Å². The first-order valence-electron chi connectivity index (χ1n) is 6.48. The number of hydrogen-bond donors (Lipinski definition) is 1. The predicted octanol–water partition coefficient (Wildman–Crippen LogP) is 3.13. The van der Waals surface area contributed by atoms with Crippen LogP contribution in [0.4, 0.5) is 5.69 Å². The van der Waals surface area contributed by atoms with Crippen LogP contribution in [0.5, 0.6) is 5.75 Å². The molecule has 0 aliphatic carbocycles. The lowest BCUT2D eigenvalue weighted by Gasteiger charge is -2.17. The number of hydrogen-bond acceptors (Lipinski definition) is 4. The maximum atomic E-state index is 10.8. The summed E-state index contributed by atoms with van der Waals surface area (Å²) in [6.45, 7) is 7.03. The SMILES string of the molecule is COc1ccc([N+](=O)[O-])cc1CNC(C)CC(C)C. The quantitative estimate of drug-likeness (QED) is 0.608. The van der Waals surface area contributed by atoms with Gasteiger partial charge in [-0.3, -0.25) is 10.1 Å². The smallest absolute Gasteiger partial charge is 0.270 e. The van der Waals surface area contributed by atoms with Crippen LogP contribution in [0.2, 0.25) is 0 Å². The molecular weight excluding hydrogens is 244 g/mol. The van der Waals surface area contributed by atoms with E-state index in [0.29, 0.717) is 24.3 Å². The first-order valence-corrected chi connectivity index (χ1v) is 6.48. The molecule has 106 valence electrons. The molecule has 1 atom stereocenters. The molecule has 1 unspecified atom stereocenters. The van der Waals surface area contributed by atoms with Gasteiger partial charge in [0, 0.05) is 30.3 Å². The average molecular weight is 266 g/mol. The molecule has 0 bridgehead atoms. The first-order chi connectivity index (χ1) is 8.93. The highest BCUT2D eigenvalue weighted by Crippen LogP contribution is 2.24. The molecule has 0 spiro atoms. The summed E-state index contributed by atoms with van der Waals surface area (Å²) in [5.41, 5.74) is 0.904. The number of rotatable bonds is 7. The zero-order valence-electron chi connectivity index (χ0n) is 12.0. The van der Waals surface area contributed by atoms with Crippen molar-refractivity contribution in [3.8, 4) is 5.75 Å². The monoisotopic (exact) mass is 266 g/mol. The van der Waals surface area contributed by atoms with E-state index in [-0.39, 0.29) is 10.6 Å². The minimum Gasteiger partial charge on any atom is -0.496 e. The van der Waals surface area contributed by atoms with Crippen LogP contribution < -0.4 is 10.1 Å². The molecular formula is C14H22N2O3. The van der Waals surface area contributed by atoms with Gasteiger partial charge >= 0.3 is 0 Å². The Labute approximate surface area is 114 Å². The van der Waals surface area contributed by atoms with Crippen LogP contribution in [-0.2, 0) is 6.54 Å². The van der Waals surface area contributed by atoms with Crippen molar-refractivity contribution in [2.24, 2.45) is 5.92 Å². The molecule has 5 heteroatoms. The second-order valence-corrected chi connectivity index (χ2v) is 5.16. The summed E-state index contributed by atoms with van der Waals surface area (Å²) in [6, 6.07) is 5.03. The van der Waals surface area contributed by atoms with E-state index in [1.807, 2.05) is 0 Å². The van der Waals surface area contributed by atoms with Crippen molar-refractivity contribution in [1.82, 2.24) is 5.32 Å². The predicted molar refractivity (Wildman–Crippen MR) is 75.4 cm³/mol. The lowest BCUT2D eigenvalue weighted by Crippen LogP contribution is -2.27. The average Bonchev–Trinajstić information content (AvgIpc) is 2.35. The highest BCUT2D eigenvalue weighted by atomic mass is 16.6. The molecule has 1 rings (SSSR count). The Bertz CT molecular complexity index is 433. The zero-order chi connectivity index (χ0) is 14.4. The fourth-order valence-electron chi connectivity index (χ4n) is 2.09. The van der Waals surface area contributed by atoms with Gasteiger partial charge < -0.3 is 10.1 Å². The maximum absolute atomic E-state index is 10.8. The summed E-state index contributed by atoms with van der Waals surface area (Å²) in [6.07, 6.45) is 1.07. The molecule has 0 fully saturated rings. The Morgan fingerprint density at radius 1 is 1.37 bits per heavy atom. The van der Waals surface area contributed by atoms with Crippen molar-refractivity contribution in [2.45, 2.75) is 39.8 Å². The maximum Gasteiger partial charge on any atom is 0.270 e. The number of benzene rings is 1. The van der Waals surface area contributed by atoms with Crippen LogP contribution in [0, 0.1) is 16.0 Å². The number of methoxy groups -OCH3 is 1. The third-order valence-electron chi connectivity index (χ3n) is 2.94. The van der Waals surface area contributed by atoms with Gasteiger partial charge in [0.2, 0.25) is 0 Å². The first kappa shape index (κ1) is 15.4. The molecule has 0 saturated heterocycles. The van der Waals surface area contributed by atoms with E-state index >= 15 is 0 Å². The van der Waals surface area contributed by atoms with Gasteiger partial charge in [0.05, 0.1) is 12.0 Å². The van der Waals surface area contributed by atoms with E-state index in [2.05, 4.69) is 26.1 Å². The van der Waals surface area contributed by atoms with Gasteiger partial charge in [0.15, 0.2) is 0 Å². The Morgan fingerprint density at radius 3 is 2.58 bits per heavy atom. The fourth-order valence-corrected chi connectivity index (χ4v) is 2.09. The standard InChI is InChI=1S/C14H22N2O3/c1-10(2)7-11(3)15-9-12-8-13(16(17)18)5-6-14(12)19-4/h5-6,8,10-11,15H,7,9H2,1-4H3. The van der Waals surface area contributed by atoms with Crippen molar-refractivity contribution in [2.75, 3.05) is 7.11 Å². The fraction of sp³-hybridized carbons (Fsp3) is 0.571. The van der Waals surface area contributed by atoms with Gasteiger partial charge in [-0.1, -0.05) is 13.8 Å². The summed E-state index contributed by atoms with van der Waals surface area (Å²) >= 11 is 0. The van der Waals surface area contributed by atoms with E-state index in [0.717, 1.165) is 12.0 Å².